The zero-order chi connectivity index (χ0) is 13.4. The second kappa shape index (κ2) is 4.82. The average molecular weight is 279 g/mol. The Kier molecular flexibility index (Phi) is 3.15. The quantitative estimate of drug-likeness (QED) is 0.656. The number of nitrogens with zero attached hydrogens (tertiary/aromatic N) is 5. The fraction of sp³-hybridized carbons (Fsp3) is 0.667. The van der Waals surface area contributed by atoms with Crippen LogP contribution in [0, 0.1) is 23.3 Å². The van der Waals surface area contributed by atoms with Gasteiger partial charge in [-0.05, 0) is 49.1 Å². The van der Waals surface area contributed by atoms with Gasteiger partial charge in [-0.1, -0.05) is 0 Å². The molecule has 3 rings (SSSR count). The first-order valence-electron chi connectivity index (χ1n) is 6.51. The zero-order valence-corrected chi connectivity index (χ0v) is 11.4. The van der Waals surface area contributed by atoms with Gasteiger partial charge in [0.15, 0.2) is 6.19 Å². The predicted molar refractivity (Wildman–Crippen MR) is 71.7 cm³/mol. The molecule has 2 fully saturated rings. The highest BCUT2D eigenvalue weighted by Crippen LogP contribution is 2.47. The van der Waals surface area contributed by atoms with Crippen LogP contribution in [0.25, 0.3) is 0 Å². The highest BCUT2D eigenvalue weighted by Gasteiger charge is 2.46. The van der Waals surface area contributed by atoms with E-state index in [9.17, 15) is 5.26 Å². The topological polar surface area (TPSA) is 77.7 Å². The second-order valence-corrected chi connectivity index (χ2v) is 5.45. The van der Waals surface area contributed by atoms with Crippen molar-refractivity contribution in [1.29, 1.82) is 5.26 Å². The predicted octanol–water partition coefficient (Wildman–Crippen LogP) is 2.04. The third-order valence-electron chi connectivity index (χ3n) is 3.65. The van der Waals surface area contributed by atoms with E-state index < -0.39 is 0 Å². The van der Waals surface area contributed by atoms with Gasteiger partial charge in [-0.15, -0.1) is 0 Å². The van der Waals surface area contributed by atoms with Crippen molar-refractivity contribution in [3.05, 3.63) is 5.28 Å². The zero-order valence-electron chi connectivity index (χ0n) is 10.7. The molecule has 1 heterocycles. The molecule has 2 aliphatic rings. The highest BCUT2D eigenvalue weighted by molar-refractivity contribution is 6.28. The molecule has 0 spiro atoms. The highest BCUT2D eigenvalue weighted by atomic mass is 35.5. The number of nitrogens with one attached hydrogen (secondary N) is 1. The molecule has 0 atom stereocenters. The van der Waals surface area contributed by atoms with E-state index in [-0.39, 0.29) is 11.3 Å². The maximum Gasteiger partial charge on any atom is 0.245 e. The number of aromatic nitrogens is 3. The van der Waals surface area contributed by atoms with Gasteiger partial charge in [-0.2, -0.15) is 20.2 Å². The van der Waals surface area contributed by atoms with Gasteiger partial charge in [0.25, 0.3) is 0 Å². The normalized spacial score (nSPS) is 18.2. The number of hydrogen-bond donors (Lipinski definition) is 1. The molecule has 6 nitrogen and oxygen atoms in total. The van der Waals surface area contributed by atoms with Crippen molar-refractivity contribution < 1.29 is 0 Å². The van der Waals surface area contributed by atoms with Gasteiger partial charge in [-0.25, -0.2) is 4.90 Å². The number of hydrogen-bond acceptors (Lipinski definition) is 6. The van der Waals surface area contributed by atoms with Crippen molar-refractivity contribution >= 4 is 23.5 Å². The lowest BCUT2D eigenvalue weighted by molar-refractivity contribution is 0.512. The van der Waals surface area contributed by atoms with Gasteiger partial charge in [0, 0.05) is 7.05 Å². The van der Waals surface area contributed by atoms with Gasteiger partial charge < -0.3 is 5.32 Å². The number of halogens is 1. The minimum atomic E-state index is 0.111. The first-order valence-corrected chi connectivity index (χ1v) is 6.89. The molecule has 1 aromatic heterocycles. The monoisotopic (exact) mass is 278 g/mol. The van der Waals surface area contributed by atoms with Crippen molar-refractivity contribution in [3.63, 3.8) is 0 Å². The fourth-order valence-corrected chi connectivity index (χ4v) is 2.64. The van der Waals surface area contributed by atoms with Crippen LogP contribution in [0.5, 0.6) is 0 Å². The fourth-order valence-electron chi connectivity index (χ4n) is 2.49. The smallest absolute Gasteiger partial charge is 0.245 e. The molecule has 7 heteroatoms. The van der Waals surface area contributed by atoms with Crippen LogP contribution >= 0.6 is 11.6 Å². The van der Waals surface area contributed by atoms with Gasteiger partial charge in [-0.3, -0.25) is 0 Å². The molecule has 0 amide bonds. The SMILES string of the molecule is CNc1nc(Cl)nc(N(C#N)C(C2CC2)C2CC2)n1. The van der Waals surface area contributed by atoms with Crippen LogP contribution in [0.3, 0.4) is 0 Å². The van der Waals surface area contributed by atoms with Crippen molar-refractivity contribution in [1.82, 2.24) is 15.0 Å². The van der Waals surface area contributed by atoms with Crippen molar-refractivity contribution in [2.24, 2.45) is 11.8 Å². The Balaban J connectivity index is 1.92. The molecule has 0 radical (unpaired) electrons. The first kappa shape index (κ1) is 12.4. The third kappa shape index (κ3) is 2.56. The summed E-state index contributed by atoms with van der Waals surface area (Å²) in [5.41, 5.74) is 0. The second-order valence-electron chi connectivity index (χ2n) is 5.11. The van der Waals surface area contributed by atoms with E-state index in [0.717, 1.165) is 0 Å². The molecule has 19 heavy (non-hydrogen) atoms. The van der Waals surface area contributed by atoms with Crippen LogP contribution in [0.1, 0.15) is 25.7 Å². The Bertz CT molecular complexity index is 507. The summed E-state index contributed by atoms with van der Waals surface area (Å²) in [6, 6.07) is 0.230. The van der Waals surface area contributed by atoms with Crippen LogP contribution in [0.4, 0.5) is 11.9 Å². The molecular formula is C12H15ClN6. The van der Waals surface area contributed by atoms with Crippen LogP contribution in [0.15, 0.2) is 0 Å². The van der Waals surface area contributed by atoms with Crippen LogP contribution in [-0.4, -0.2) is 28.0 Å². The Morgan fingerprint density at radius 2 is 1.89 bits per heavy atom. The molecule has 2 aliphatic carbocycles. The Morgan fingerprint density at radius 3 is 2.37 bits per heavy atom. The Labute approximate surface area is 116 Å². The van der Waals surface area contributed by atoms with E-state index in [4.69, 9.17) is 11.6 Å². The van der Waals surface area contributed by atoms with E-state index in [0.29, 0.717) is 23.7 Å². The van der Waals surface area contributed by atoms with Gasteiger partial charge in [0.2, 0.25) is 17.2 Å². The number of rotatable bonds is 5. The minimum absolute atomic E-state index is 0.111. The Morgan fingerprint density at radius 1 is 1.26 bits per heavy atom. The van der Waals surface area contributed by atoms with E-state index in [2.05, 4.69) is 26.5 Å². The van der Waals surface area contributed by atoms with E-state index in [1.54, 1.807) is 11.9 Å². The van der Waals surface area contributed by atoms with Gasteiger partial charge >= 0.3 is 0 Å². The van der Waals surface area contributed by atoms with Crippen LogP contribution in [0.2, 0.25) is 5.28 Å². The first-order chi connectivity index (χ1) is 9.22. The van der Waals surface area contributed by atoms with Crippen molar-refractivity contribution in [2.45, 2.75) is 31.7 Å². The maximum atomic E-state index is 9.47. The average Bonchev–Trinajstić information content (AvgIpc) is 3.28. The van der Waals surface area contributed by atoms with Gasteiger partial charge in [0.05, 0.1) is 6.04 Å². The molecule has 0 aromatic carbocycles. The van der Waals surface area contributed by atoms with Crippen LogP contribution in [-0.2, 0) is 0 Å². The summed E-state index contributed by atoms with van der Waals surface area (Å²) in [5.74, 6) is 1.94. The van der Waals surface area contributed by atoms with E-state index in [1.807, 2.05) is 0 Å². The molecule has 0 aliphatic heterocycles. The summed E-state index contributed by atoms with van der Waals surface area (Å²) in [4.78, 5) is 13.9. The third-order valence-corrected chi connectivity index (χ3v) is 3.82. The standard InChI is InChI=1S/C12H15ClN6/c1-15-11-16-10(13)17-12(18-11)19(6-14)9(7-2-3-7)8-4-5-8/h7-9H,2-5H2,1H3,(H,15,16,17,18). The summed E-state index contributed by atoms with van der Waals surface area (Å²) < 4.78 is 0. The minimum Gasteiger partial charge on any atom is -0.357 e. The molecule has 0 bridgehead atoms. The number of anilines is 2. The molecule has 0 unspecified atom stereocenters. The Hall–Kier alpha value is -1.61. The summed E-state index contributed by atoms with van der Waals surface area (Å²) in [6.07, 6.45) is 7.00. The van der Waals surface area contributed by atoms with Crippen molar-refractivity contribution in [3.8, 4) is 6.19 Å². The molecule has 0 saturated heterocycles. The van der Waals surface area contributed by atoms with Crippen molar-refractivity contribution in [2.75, 3.05) is 17.3 Å². The molecule has 100 valence electrons. The molecule has 2 saturated carbocycles. The summed E-state index contributed by atoms with van der Waals surface area (Å²) in [7, 11) is 1.71. The largest absolute Gasteiger partial charge is 0.357 e. The van der Waals surface area contributed by atoms with Crippen LogP contribution < -0.4 is 10.2 Å². The molecule has 1 N–H and O–H groups in total. The maximum absolute atomic E-state index is 9.47. The lowest BCUT2D eigenvalue weighted by Gasteiger charge is -2.25. The van der Waals surface area contributed by atoms with E-state index in [1.165, 1.54) is 25.7 Å². The summed E-state index contributed by atoms with van der Waals surface area (Å²) in [6.45, 7) is 0. The summed E-state index contributed by atoms with van der Waals surface area (Å²) >= 11 is 5.89. The van der Waals surface area contributed by atoms with Gasteiger partial charge in [0.1, 0.15) is 0 Å². The lowest BCUT2D eigenvalue weighted by atomic mass is 10.1. The van der Waals surface area contributed by atoms with E-state index >= 15 is 0 Å². The summed E-state index contributed by atoms with van der Waals surface area (Å²) in [5, 5.41) is 12.4. The molecular weight excluding hydrogens is 264 g/mol. The lowest BCUT2D eigenvalue weighted by Crippen LogP contribution is -2.36. The molecule has 1 aromatic rings. The number of nitriles is 1.